The topological polar surface area (TPSA) is 56.7 Å². The van der Waals surface area contributed by atoms with E-state index in [4.69, 9.17) is 5.73 Å². The predicted molar refractivity (Wildman–Crippen MR) is 71.2 cm³/mol. The first-order valence-corrected chi connectivity index (χ1v) is 5.74. The second-order valence-corrected chi connectivity index (χ2v) is 4.06. The Kier molecular flexibility index (Phi) is 2.72. The highest BCUT2D eigenvalue weighted by Gasteiger charge is 2.12. The predicted octanol–water partition coefficient (Wildman–Crippen LogP) is 2.66. The van der Waals surface area contributed by atoms with Gasteiger partial charge < -0.3 is 5.73 Å². The molecular weight excluding hydrogens is 243 g/mol. The lowest BCUT2D eigenvalue weighted by atomic mass is 10.2. The summed E-state index contributed by atoms with van der Waals surface area (Å²) in [5.41, 5.74) is 8.36. The fourth-order valence-corrected chi connectivity index (χ4v) is 1.95. The first kappa shape index (κ1) is 11.4. The highest BCUT2D eigenvalue weighted by Crippen LogP contribution is 2.27. The quantitative estimate of drug-likeness (QED) is 0.764. The number of benzene rings is 1. The van der Waals surface area contributed by atoms with Gasteiger partial charge in [-0.2, -0.15) is 0 Å². The number of para-hydroxylation sites is 1. The third-order valence-electron chi connectivity index (χ3n) is 2.88. The zero-order chi connectivity index (χ0) is 13.2. The molecule has 0 saturated carbocycles. The van der Waals surface area contributed by atoms with Crippen LogP contribution < -0.4 is 5.73 Å². The molecule has 3 aromatic rings. The lowest BCUT2D eigenvalue weighted by Gasteiger charge is -2.10. The number of nitrogen functional groups attached to an aromatic ring is 1. The van der Waals surface area contributed by atoms with Gasteiger partial charge in [-0.25, -0.2) is 9.37 Å². The summed E-state index contributed by atoms with van der Waals surface area (Å²) in [6.45, 7) is 0. The van der Waals surface area contributed by atoms with Crippen LogP contribution in [0.25, 0.3) is 16.9 Å². The second kappa shape index (κ2) is 4.53. The number of halogens is 1. The molecule has 3 rings (SSSR count). The van der Waals surface area contributed by atoms with Gasteiger partial charge in [0, 0.05) is 23.6 Å². The van der Waals surface area contributed by atoms with E-state index < -0.39 is 0 Å². The summed E-state index contributed by atoms with van der Waals surface area (Å²) in [6, 6.07) is 8.22. The van der Waals surface area contributed by atoms with E-state index in [9.17, 15) is 4.39 Å². The molecule has 2 heterocycles. The van der Waals surface area contributed by atoms with Crippen molar-refractivity contribution in [3.05, 3.63) is 61.1 Å². The Bertz CT molecular complexity index is 661. The number of pyridine rings is 1. The van der Waals surface area contributed by atoms with Gasteiger partial charge in [0.15, 0.2) is 0 Å². The van der Waals surface area contributed by atoms with E-state index in [1.54, 1.807) is 53.8 Å². The Balaban J connectivity index is 2.20. The maximum atomic E-state index is 13.9. The standard InChI is InChI=1S/C14H11FN4/c15-11-3-1-2-4-13(11)19-9-18-8-14(19)10-7-17-6-5-12(10)16/h1-9H,(H2,16,17). The molecule has 4 nitrogen and oxygen atoms in total. The van der Waals surface area contributed by atoms with Crippen molar-refractivity contribution in [2.75, 3.05) is 5.73 Å². The van der Waals surface area contributed by atoms with Gasteiger partial charge in [0.05, 0.1) is 23.9 Å². The van der Waals surface area contributed by atoms with Gasteiger partial charge in [0.25, 0.3) is 0 Å². The van der Waals surface area contributed by atoms with Crippen LogP contribution in [0, 0.1) is 5.82 Å². The van der Waals surface area contributed by atoms with Crippen LogP contribution in [0.15, 0.2) is 55.2 Å². The molecule has 1 aromatic carbocycles. The number of hydrogen-bond donors (Lipinski definition) is 1. The van der Waals surface area contributed by atoms with Crippen molar-refractivity contribution in [2.24, 2.45) is 0 Å². The van der Waals surface area contributed by atoms with Gasteiger partial charge in [-0.3, -0.25) is 9.55 Å². The molecule has 2 aromatic heterocycles. The average molecular weight is 254 g/mol. The average Bonchev–Trinajstić information content (AvgIpc) is 2.89. The zero-order valence-corrected chi connectivity index (χ0v) is 9.99. The minimum absolute atomic E-state index is 0.316. The third kappa shape index (κ3) is 1.95. The molecule has 19 heavy (non-hydrogen) atoms. The number of anilines is 1. The fraction of sp³-hybridized carbons (Fsp3) is 0. The van der Waals surface area contributed by atoms with Crippen LogP contribution in [0.5, 0.6) is 0 Å². The second-order valence-electron chi connectivity index (χ2n) is 4.06. The Hall–Kier alpha value is -2.69. The maximum Gasteiger partial charge on any atom is 0.147 e. The minimum Gasteiger partial charge on any atom is -0.398 e. The van der Waals surface area contributed by atoms with Gasteiger partial charge in [-0.15, -0.1) is 0 Å². The lowest BCUT2D eigenvalue weighted by Crippen LogP contribution is -2.00. The molecule has 0 atom stereocenters. The van der Waals surface area contributed by atoms with E-state index in [0.717, 1.165) is 5.56 Å². The van der Waals surface area contributed by atoms with E-state index in [2.05, 4.69) is 9.97 Å². The van der Waals surface area contributed by atoms with Crippen molar-refractivity contribution in [3.8, 4) is 16.9 Å². The van der Waals surface area contributed by atoms with Crippen molar-refractivity contribution in [1.82, 2.24) is 14.5 Å². The molecule has 0 bridgehead atoms. The van der Waals surface area contributed by atoms with E-state index >= 15 is 0 Å². The van der Waals surface area contributed by atoms with Crippen molar-refractivity contribution in [2.45, 2.75) is 0 Å². The molecule has 94 valence electrons. The van der Waals surface area contributed by atoms with Crippen LogP contribution in [0.1, 0.15) is 0 Å². The van der Waals surface area contributed by atoms with E-state index in [0.29, 0.717) is 17.1 Å². The minimum atomic E-state index is -0.316. The van der Waals surface area contributed by atoms with E-state index in [-0.39, 0.29) is 5.82 Å². The van der Waals surface area contributed by atoms with Gasteiger partial charge in [-0.1, -0.05) is 12.1 Å². The molecule has 0 amide bonds. The van der Waals surface area contributed by atoms with Crippen molar-refractivity contribution < 1.29 is 4.39 Å². The summed E-state index contributed by atoms with van der Waals surface area (Å²) in [4.78, 5) is 8.11. The molecule has 0 spiro atoms. The molecule has 0 unspecified atom stereocenters. The summed E-state index contributed by atoms with van der Waals surface area (Å²) in [5.74, 6) is -0.316. The maximum absolute atomic E-state index is 13.9. The Morgan fingerprint density at radius 3 is 2.68 bits per heavy atom. The van der Waals surface area contributed by atoms with Crippen molar-refractivity contribution >= 4 is 5.69 Å². The molecule has 0 saturated heterocycles. The first-order valence-electron chi connectivity index (χ1n) is 5.74. The Morgan fingerprint density at radius 2 is 1.89 bits per heavy atom. The SMILES string of the molecule is Nc1ccncc1-c1cncn1-c1ccccc1F. The van der Waals surface area contributed by atoms with Crippen LogP contribution in [0.3, 0.4) is 0 Å². The number of nitrogens with zero attached hydrogens (tertiary/aromatic N) is 3. The smallest absolute Gasteiger partial charge is 0.147 e. The van der Waals surface area contributed by atoms with Gasteiger partial charge in [0.2, 0.25) is 0 Å². The normalized spacial score (nSPS) is 10.6. The molecular formula is C14H11FN4. The molecule has 0 aliphatic heterocycles. The molecule has 0 radical (unpaired) electrons. The monoisotopic (exact) mass is 254 g/mol. The van der Waals surface area contributed by atoms with Crippen LogP contribution in [0.2, 0.25) is 0 Å². The van der Waals surface area contributed by atoms with Crippen LogP contribution in [0.4, 0.5) is 10.1 Å². The zero-order valence-electron chi connectivity index (χ0n) is 9.99. The van der Waals surface area contributed by atoms with Gasteiger partial charge >= 0.3 is 0 Å². The summed E-state index contributed by atoms with van der Waals surface area (Å²) in [7, 11) is 0. The summed E-state index contributed by atoms with van der Waals surface area (Å²) in [5, 5.41) is 0. The van der Waals surface area contributed by atoms with Gasteiger partial charge in [-0.05, 0) is 18.2 Å². The van der Waals surface area contributed by atoms with Gasteiger partial charge in [0.1, 0.15) is 5.82 Å². The Labute approximate surface area is 109 Å². The number of rotatable bonds is 2. The van der Waals surface area contributed by atoms with E-state index in [1.807, 2.05) is 0 Å². The number of aromatic nitrogens is 3. The first-order chi connectivity index (χ1) is 9.27. The largest absolute Gasteiger partial charge is 0.398 e. The lowest BCUT2D eigenvalue weighted by molar-refractivity contribution is 0.618. The molecule has 0 aliphatic rings. The van der Waals surface area contributed by atoms with E-state index in [1.165, 1.54) is 6.07 Å². The van der Waals surface area contributed by atoms with Crippen molar-refractivity contribution in [3.63, 3.8) is 0 Å². The number of nitrogens with two attached hydrogens (primary N) is 1. The highest BCUT2D eigenvalue weighted by atomic mass is 19.1. The number of hydrogen-bond acceptors (Lipinski definition) is 3. The van der Waals surface area contributed by atoms with Crippen LogP contribution in [-0.4, -0.2) is 14.5 Å². The van der Waals surface area contributed by atoms with Crippen molar-refractivity contribution in [1.29, 1.82) is 0 Å². The molecule has 0 fully saturated rings. The molecule has 0 aliphatic carbocycles. The Morgan fingerprint density at radius 1 is 1.05 bits per heavy atom. The third-order valence-corrected chi connectivity index (χ3v) is 2.88. The van der Waals surface area contributed by atoms with Crippen LogP contribution >= 0.6 is 0 Å². The molecule has 5 heteroatoms. The number of imidazole rings is 1. The molecule has 2 N–H and O–H groups in total. The summed E-state index contributed by atoms with van der Waals surface area (Å²) >= 11 is 0. The fourth-order valence-electron chi connectivity index (χ4n) is 1.95. The summed E-state index contributed by atoms with van der Waals surface area (Å²) in [6.07, 6.45) is 6.45. The van der Waals surface area contributed by atoms with Crippen LogP contribution in [-0.2, 0) is 0 Å². The highest BCUT2D eigenvalue weighted by molar-refractivity contribution is 5.73. The summed E-state index contributed by atoms with van der Waals surface area (Å²) < 4.78 is 15.5.